The first-order valence-corrected chi connectivity index (χ1v) is 6.30. The fraction of sp³-hybridized carbons (Fsp3) is 0.429. The zero-order valence-corrected chi connectivity index (χ0v) is 11.0. The van der Waals surface area contributed by atoms with E-state index < -0.39 is 17.9 Å². The van der Waals surface area contributed by atoms with Crippen molar-refractivity contribution in [3.8, 4) is 0 Å². The highest BCUT2D eigenvalue weighted by Crippen LogP contribution is 2.03. The zero-order chi connectivity index (χ0) is 14.3. The molecule has 0 saturated heterocycles. The van der Waals surface area contributed by atoms with Crippen LogP contribution in [0.5, 0.6) is 0 Å². The Morgan fingerprint density at radius 1 is 1.32 bits per heavy atom. The number of carboxylic acids is 1. The van der Waals surface area contributed by atoms with E-state index in [0.29, 0.717) is 19.4 Å². The molecule has 1 unspecified atom stereocenters. The van der Waals surface area contributed by atoms with Gasteiger partial charge in [0, 0.05) is 6.54 Å². The van der Waals surface area contributed by atoms with Crippen LogP contribution in [0.3, 0.4) is 0 Å². The Kier molecular flexibility index (Phi) is 6.02. The molecule has 5 nitrogen and oxygen atoms in total. The van der Waals surface area contributed by atoms with Gasteiger partial charge in [0.05, 0.1) is 12.0 Å². The van der Waals surface area contributed by atoms with Gasteiger partial charge in [0.2, 0.25) is 5.91 Å². The Labute approximate surface area is 112 Å². The highest BCUT2D eigenvalue weighted by Gasteiger charge is 2.15. The molecule has 19 heavy (non-hydrogen) atoms. The van der Waals surface area contributed by atoms with Gasteiger partial charge in [0.1, 0.15) is 0 Å². The Hall–Kier alpha value is -1.88. The summed E-state index contributed by atoms with van der Waals surface area (Å²) in [5.74, 6) is -1.57. The fourth-order valence-corrected chi connectivity index (χ4v) is 1.63. The van der Waals surface area contributed by atoms with Gasteiger partial charge in [0.15, 0.2) is 0 Å². The van der Waals surface area contributed by atoms with Crippen molar-refractivity contribution in [3.05, 3.63) is 35.9 Å². The van der Waals surface area contributed by atoms with E-state index in [2.05, 4.69) is 5.32 Å². The van der Waals surface area contributed by atoms with Crippen LogP contribution in [0.1, 0.15) is 18.9 Å². The minimum atomic E-state index is -0.858. The number of nitrogens with one attached hydrogen (secondary N) is 1. The molecule has 4 N–H and O–H groups in total. The minimum Gasteiger partial charge on any atom is -0.481 e. The van der Waals surface area contributed by atoms with Crippen molar-refractivity contribution >= 4 is 11.9 Å². The van der Waals surface area contributed by atoms with E-state index in [-0.39, 0.29) is 5.91 Å². The Bertz CT molecular complexity index is 420. The van der Waals surface area contributed by atoms with E-state index in [1.807, 2.05) is 30.3 Å². The Balaban J connectivity index is 2.31. The van der Waals surface area contributed by atoms with Gasteiger partial charge in [-0.25, -0.2) is 0 Å². The van der Waals surface area contributed by atoms with Gasteiger partial charge in [-0.2, -0.15) is 0 Å². The van der Waals surface area contributed by atoms with Crippen LogP contribution >= 0.6 is 0 Å². The maximum absolute atomic E-state index is 11.7. The van der Waals surface area contributed by atoms with Crippen LogP contribution in [0, 0.1) is 5.92 Å². The highest BCUT2D eigenvalue weighted by atomic mass is 16.4. The summed E-state index contributed by atoms with van der Waals surface area (Å²) in [6.45, 7) is 1.94. The predicted molar refractivity (Wildman–Crippen MR) is 72.5 cm³/mol. The van der Waals surface area contributed by atoms with E-state index in [9.17, 15) is 9.59 Å². The second kappa shape index (κ2) is 7.53. The van der Waals surface area contributed by atoms with Crippen molar-refractivity contribution in [3.63, 3.8) is 0 Å². The number of amides is 1. The fourth-order valence-electron chi connectivity index (χ4n) is 1.63. The van der Waals surface area contributed by atoms with Gasteiger partial charge in [-0.05, 0) is 18.4 Å². The molecule has 0 aliphatic rings. The van der Waals surface area contributed by atoms with Crippen LogP contribution in [0.25, 0.3) is 0 Å². The minimum absolute atomic E-state index is 0.249. The van der Waals surface area contributed by atoms with Gasteiger partial charge in [0.25, 0.3) is 0 Å². The van der Waals surface area contributed by atoms with Crippen molar-refractivity contribution < 1.29 is 14.7 Å². The average molecular weight is 264 g/mol. The second-order valence-corrected chi connectivity index (χ2v) is 4.62. The molecular formula is C14H20N2O3. The predicted octanol–water partition coefficient (Wildman–Crippen LogP) is 0.783. The van der Waals surface area contributed by atoms with Gasteiger partial charge in [-0.1, -0.05) is 37.3 Å². The van der Waals surface area contributed by atoms with Gasteiger partial charge in [-0.3, -0.25) is 9.59 Å². The average Bonchev–Trinajstić information content (AvgIpc) is 2.39. The standard InChI is InChI=1S/C14H20N2O3/c1-10(14(18)19)7-8-16-13(17)12(15)9-11-5-3-2-4-6-11/h2-6,10,12H,7-9,15H2,1H3,(H,16,17)(H,18,19)/t10?,12-/m0/s1. The summed E-state index contributed by atoms with van der Waals surface area (Å²) < 4.78 is 0. The Morgan fingerprint density at radius 3 is 2.53 bits per heavy atom. The number of nitrogens with two attached hydrogens (primary N) is 1. The van der Waals surface area contributed by atoms with E-state index in [1.54, 1.807) is 6.92 Å². The number of hydrogen-bond donors (Lipinski definition) is 3. The van der Waals surface area contributed by atoms with Gasteiger partial charge >= 0.3 is 5.97 Å². The number of hydrogen-bond acceptors (Lipinski definition) is 3. The van der Waals surface area contributed by atoms with Crippen LogP contribution < -0.4 is 11.1 Å². The molecule has 104 valence electrons. The number of carbonyl (C=O) groups is 2. The zero-order valence-electron chi connectivity index (χ0n) is 11.0. The summed E-state index contributed by atoms with van der Waals surface area (Å²) in [7, 11) is 0. The molecule has 0 spiro atoms. The highest BCUT2D eigenvalue weighted by molar-refractivity contribution is 5.81. The SMILES string of the molecule is CC(CCNC(=O)[C@@H](N)Cc1ccccc1)C(=O)O. The molecule has 5 heteroatoms. The topological polar surface area (TPSA) is 92.4 Å². The summed E-state index contributed by atoms with van der Waals surface area (Å²) in [5, 5.41) is 11.4. The van der Waals surface area contributed by atoms with Crippen molar-refractivity contribution in [1.29, 1.82) is 0 Å². The molecular weight excluding hydrogens is 244 g/mol. The van der Waals surface area contributed by atoms with Crippen LogP contribution in [0.2, 0.25) is 0 Å². The van der Waals surface area contributed by atoms with Crippen LogP contribution in [-0.2, 0) is 16.0 Å². The van der Waals surface area contributed by atoms with Gasteiger partial charge < -0.3 is 16.2 Å². The third-order valence-electron chi connectivity index (χ3n) is 2.93. The maximum atomic E-state index is 11.7. The molecule has 0 saturated carbocycles. The molecule has 2 atom stereocenters. The quantitative estimate of drug-likeness (QED) is 0.678. The molecule has 0 aliphatic carbocycles. The number of aliphatic carboxylic acids is 1. The molecule has 0 heterocycles. The molecule has 0 radical (unpaired) electrons. The molecule has 0 aliphatic heterocycles. The van der Waals surface area contributed by atoms with Crippen molar-refractivity contribution in [2.24, 2.45) is 11.7 Å². The lowest BCUT2D eigenvalue weighted by atomic mass is 10.1. The van der Waals surface area contributed by atoms with E-state index in [4.69, 9.17) is 10.8 Å². The lowest BCUT2D eigenvalue weighted by Gasteiger charge is -2.13. The summed E-state index contributed by atoms with van der Waals surface area (Å²) in [5.41, 5.74) is 6.80. The first-order chi connectivity index (χ1) is 9.00. The van der Waals surface area contributed by atoms with Gasteiger partial charge in [-0.15, -0.1) is 0 Å². The van der Waals surface area contributed by atoms with Crippen molar-refractivity contribution in [1.82, 2.24) is 5.32 Å². The van der Waals surface area contributed by atoms with E-state index in [1.165, 1.54) is 0 Å². The number of carboxylic acid groups (broad SMARTS) is 1. The van der Waals surface area contributed by atoms with E-state index in [0.717, 1.165) is 5.56 Å². The molecule has 1 rings (SSSR count). The first-order valence-electron chi connectivity index (χ1n) is 6.30. The third kappa shape index (κ3) is 5.52. The number of carbonyl (C=O) groups excluding carboxylic acids is 1. The molecule has 1 aromatic carbocycles. The maximum Gasteiger partial charge on any atom is 0.306 e. The number of rotatable bonds is 7. The van der Waals surface area contributed by atoms with E-state index >= 15 is 0 Å². The summed E-state index contributed by atoms with van der Waals surface area (Å²) in [6.07, 6.45) is 0.875. The van der Waals surface area contributed by atoms with Crippen LogP contribution in [0.4, 0.5) is 0 Å². The number of benzene rings is 1. The second-order valence-electron chi connectivity index (χ2n) is 4.62. The van der Waals surface area contributed by atoms with Crippen LogP contribution in [-0.4, -0.2) is 29.6 Å². The Morgan fingerprint density at radius 2 is 1.95 bits per heavy atom. The molecule has 1 amide bonds. The summed E-state index contributed by atoms with van der Waals surface area (Å²) in [6, 6.07) is 8.92. The smallest absolute Gasteiger partial charge is 0.306 e. The molecule has 0 bridgehead atoms. The first kappa shape index (κ1) is 15.2. The monoisotopic (exact) mass is 264 g/mol. The van der Waals surface area contributed by atoms with Crippen molar-refractivity contribution in [2.45, 2.75) is 25.8 Å². The largest absolute Gasteiger partial charge is 0.481 e. The summed E-state index contributed by atoms with van der Waals surface area (Å²) >= 11 is 0. The third-order valence-corrected chi connectivity index (χ3v) is 2.93. The molecule has 1 aromatic rings. The lowest BCUT2D eigenvalue weighted by molar-refractivity contribution is -0.141. The van der Waals surface area contributed by atoms with Crippen molar-refractivity contribution in [2.75, 3.05) is 6.54 Å². The molecule has 0 aromatic heterocycles. The van der Waals surface area contributed by atoms with Crippen LogP contribution in [0.15, 0.2) is 30.3 Å². The normalized spacial score (nSPS) is 13.6. The lowest BCUT2D eigenvalue weighted by Crippen LogP contribution is -2.42. The summed E-state index contributed by atoms with van der Waals surface area (Å²) in [4.78, 5) is 22.3. The molecule has 0 fully saturated rings.